The van der Waals surface area contributed by atoms with Crippen molar-refractivity contribution in [2.75, 3.05) is 47.4 Å². The van der Waals surface area contributed by atoms with Crippen molar-refractivity contribution in [1.29, 1.82) is 0 Å². The second kappa shape index (κ2) is 10.4. The Hall–Kier alpha value is -1.42. The molecule has 0 spiro atoms. The zero-order valence-electron chi connectivity index (χ0n) is 13.4. The quantitative estimate of drug-likeness (QED) is 0.338. The number of likely N-dealkylation sites (N-methyl/N-ethyl adjacent to an activating group) is 1. The highest BCUT2D eigenvalue weighted by Gasteiger charge is 2.26. The number of quaternary nitrogens is 1. The van der Waals surface area contributed by atoms with Gasteiger partial charge in [0.15, 0.2) is 13.2 Å². The summed E-state index contributed by atoms with van der Waals surface area (Å²) in [6, 6.07) is -1.23. The van der Waals surface area contributed by atoms with Crippen LogP contribution in [-0.2, 0) is 19.1 Å². The zero-order valence-corrected chi connectivity index (χ0v) is 13.4. The molecular weight excluding hydrogens is 324 g/mol. The van der Waals surface area contributed by atoms with E-state index in [0.29, 0.717) is 17.6 Å². The number of nitrogens with one attached hydrogen (secondary N) is 1. The van der Waals surface area contributed by atoms with Crippen molar-refractivity contribution in [3.05, 3.63) is 0 Å². The summed E-state index contributed by atoms with van der Waals surface area (Å²) in [5, 5.41) is 2.69. The molecular formula is C13H23F4N2O4+. The molecule has 0 rings (SSSR count). The van der Waals surface area contributed by atoms with Crippen LogP contribution in [-0.4, -0.2) is 82.8 Å². The second-order valence-corrected chi connectivity index (χ2v) is 5.82. The molecule has 0 saturated carbocycles. The van der Waals surface area contributed by atoms with Crippen LogP contribution < -0.4 is 5.32 Å². The highest BCUT2D eigenvalue weighted by molar-refractivity contribution is 5.82. The minimum atomic E-state index is -2.84. The Kier molecular flexibility index (Phi) is 9.73. The van der Waals surface area contributed by atoms with Crippen LogP contribution in [0.2, 0.25) is 0 Å². The van der Waals surface area contributed by atoms with Gasteiger partial charge in [-0.3, -0.25) is 14.9 Å². The molecule has 0 fully saturated rings. The average Bonchev–Trinajstić information content (AvgIpc) is 2.40. The summed E-state index contributed by atoms with van der Waals surface area (Å²) < 4.78 is 57.2. The fourth-order valence-electron chi connectivity index (χ4n) is 1.44. The Bertz CT molecular complexity index is 375. The molecule has 0 aromatic heterocycles. The number of hydrogen-bond acceptors (Lipinski definition) is 5. The molecule has 0 heterocycles. The third kappa shape index (κ3) is 12.8. The molecule has 0 aliphatic carbocycles. The van der Waals surface area contributed by atoms with Crippen molar-refractivity contribution in [3.8, 4) is 0 Å². The SMILES string of the molecule is C[N+](C)(C)CCNC(CC(=O)OCC(F)F)C(=O)OCC(F)F. The molecule has 0 aliphatic rings. The molecule has 10 heteroatoms. The van der Waals surface area contributed by atoms with Crippen LogP contribution in [0.1, 0.15) is 6.42 Å². The van der Waals surface area contributed by atoms with Crippen LogP contribution in [0.15, 0.2) is 0 Å². The van der Waals surface area contributed by atoms with Crippen molar-refractivity contribution in [1.82, 2.24) is 5.32 Å². The molecule has 6 nitrogen and oxygen atoms in total. The van der Waals surface area contributed by atoms with E-state index in [9.17, 15) is 27.2 Å². The van der Waals surface area contributed by atoms with Crippen molar-refractivity contribution in [2.24, 2.45) is 0 Å². The van der Waals surface area contributed by atoms with Gasteiger partial charge in [-0.25, -0.2) is 17.6 Å². The first kappa shape index (κ1) is 21.6. The fraction of sp³-hybridized carbons (Fsp3) is 0.846. The maximum atomic E-state index is 12.1. The van der Waals surface area contributed by atoms with Gasteiger partial charge in [-0.15, -0.1) is 0 Å². The molecule has 136 valence electrons. The van der Waals surface area contributed by atoms with Crippen molar-refractivity contribution < 1.29 is 41.1 Å². The molecule has 1 atom stereocenters. The van der Waals surface area contributed by atoms with Gasteiger partial charge in [0.2, 0.25) is 0 Å². The molecule has 1 unspecified atom stereocenters. The van der Waals surface area contributed by atoms with Gasteiger partial charge in [-0.1, -0.05) is 0 Å². The lowest BCUT2D eigenvalue weighted by atomic mass is 10.2. The smallest absolute Gasteiger partial charge is 0.323 e. The minimum absolute atomic E-state index is 0.292. The van der Waals surface area contributed by atoms with E-state index in [1.165, 1.54) is 0 Å². The Labute approximate surface area is 132 Å². The maximum Gasteiger partial charge on any atom is 0.323 e. The number of nitrogens with zero attached hydrogens (tertiary/aromatic N) is 1. The third-order valence-corrected chi connectivity index (χ3v) is 2.55. The molecule has 0 amide bonds. The van der Waals surface area contributed by atoms with E-state index in [2.05, 4.69) is 14.8 Å². The summed E-state index contributed by atoms with van der Waals surface area (Å²) in [6.45, 7) is -1.32. The first-order valence-electron chi connectivity index (χ1n) is 6.93. The number of ether oxygens (including phenoxy) is 2. The van der Waals surface area contributed by atoms with Gasteiger partial charge in [0, 0.05) is 6.54 Å². The Morgan fingerprint density at radius 1 is 1.00 bits per heavy atom. The number of carbonyl (C=O) groups is 2. The van der Waals surface area contributed by atoms with E-state index < -0.39 is 50.5 Å². The lowest BCUT2D eigenvalue weighted by Gasteiger charge is -2.25. The van der Waals surface area contributed by atoms with Gasteiger partial charge in [-0.2, -0.15) is 0 Å². The van der Waals surface area contributed by atoms with Gasteiger partial charge in [0.1, 0.15) is 6.04 Å². The normalized spacial score (nSPS) is 13.3. The van der Waals surface area contributed by atoms with Crippen LogP contribution in [0, 0.1) is 0 Å². The molecule has 0 aromatic rings. The lowest BCUT2D eigenvalue weighted by Crippen LogP contribution is -2.47. The zero-order chi connectivity index (χ0) is 18.0. The van der Waals surface area contributed by atoms with Crippen LogP contribution >= 0.6 is 0 Å². The first-order chi connectivity index (χ1) is 10.5. The predicted molar refractivity (Wildman–Crippen MR) is 73.2 cm³/mol. The third-order valence-electron chi connectivity index (χ3n) is 2.55. The summed E-state index contributed by atoms with van der Waals surface area (Å²) in [7, 11) is 5.67. The van der Waals surface area contributed by atoms with Crippen LogP contribution in [0.3, 0.4) is 0 Å². The van der Waals surface area contributed by atoms with E-state index in [1.807, 2.05) is 21.1 Å². The van der Waals surface area contributed by atoms with Crippen LogP contribution in [0.25, 0.3) is 0 Å². The summed E-state index contributed by atoms with van der Waals surface area (Å²) in [5.41, 5.74) is 0. The number of carbonyl (C=O) groups excluding carboxylic acids is 2. The van der Waals surface area contributed by atoms with Crippen molar-refractivity contribution in [2.45, 2.75) is 25.3 Å². The Morgan fingerprint density at radius 2 is 1.52 bits per heavy atom. The largest absolute Gasteiger partial charge is 0.460 e. The monoisotopic (exact) mass is 347 g/mol. The molecule has 0 aliphatic heterocycles. The highest BCUT2D eigenvalue weighted by Crippen LogP contribution is 2.03. The van der Waals surface area contributed by atoms with E-state index in [1.54, 1.807) is 0 Å². The maximum absolute atomic E-state index is 12.1. The number of alkyl halides is 4. The molecule has 23 heavy (non-hydrogen) atoms. The van der Waals surface area contributed by atoms with Gasteiger partial charge in [0.25, 0.3) is 12.9 Å². The summed E-state index contributed by atoms with van der Waals surface area (Å²) >= 11 is 0. The number of hydrogen-bond donors (Lipinski definition) is 1. The summed E-state index contributed by atoms with van der Waals surface area (Å²) in [6.07, 6.45) is -6.24. The standard InChI is InChI=1S/C13H23F4N2O4/c1-19(2,3)5-4-18-9(13(21)23-8-11(16)17)6-12(20)22-7-10(14)15/h9-11,18H,4-8H2,1-3H3/q+1. The molecule has 0 saturated heterocycles. The van der Waals surface area contributed by atoms with Gasteiger partial charge >= 0.3 is 11.9 Å². The lowest BCUT2D eigenvalue weighted by molar-refractivity contribution is -0.869. The highest BCUT2D eigenvalue weighted by atomic mass is 19.3. The topological polar surface area (TPSA) is 64.6 Å². The molecule has 0 radical (unpaired) electrons. The number of halogens is 4. The number of esters is 2. The average molecular weight is 347 g/mol. The molecule has 0 aromatic carbocycles. The van der Waals surface area contributed by atoms with Crippen LogP contribution in [0.4, 0.5) is 17.6 Å². The van der Waals surface area contributed by atoms with E-state index >= 15 is 0 Å². The summed E-state index contributed by atoms with van der Waals surface area (Å²) in [4.78, 5) is 23.1. The van der Waals surface area contributed by atoms with Gasteiger partial charge in [-0.05, 0) is 0 Å². The minimum Gasteiger partial charge on any atom is -0.460 e. The van der Waals surface area contributed by atoms with Crippen molar-refractivity contribution in [3.63, 3.8) is 0 Å². The molecule has 1 N–H and O–H groups in total. The predicted octanol–water partition coefficient (Wildman–Crippen LogP) is 0.658. The van der Waals surface area contributed by atoms with Gasteiger partial charge in [0.05, 0.1) is 34.1 Å². The Morgan fingerprint density at radius 3 is 2.00 bits per heavy atom. The van der Waals surface area contributed by atoms with Gasteiger partial charge < -0.3 is 14.0 Å². The Balaban J connectivity index is 4.52. The van der Waals surface area contributed by atoms with E-state index in [-0.39, 0.29) is 0 Å². The molecule has 0 bridgehead atoms. The van der Waals surface area contributed by atoms with E-state index in [0.717, 1.165) is 0 Å². The van der Waals surface area contributed by atoms with Crippen molar-refractivity contribution >= 4 is 11.9 Å². The number of rotatable bonds is 11. The first-order valence-corrected chi connectivity index (χ1v) is 6.93. The fourth-order valence-corrected chi connectivity index (χ4v) is 1.44. The van der Waals surface area contributed by atoms with E-state index in [4.69, 9.17) is 0 Å². The summed E-state index contributed by atoms with van der Waals surface area (Å²) in [5.74, 6) is -2.09. The van der Waals surface area contributed by atoms with Crippen LogP contribution in [0.5, 0.6) is 0 Å². The second-order valence-electron chi connectivity index (χ2n) is 5.82.